The Labute approximate surface area is 82.1 Å². The van der Waals surface area contributed by atoms with Gasteiger partial charge in [-0.2, -0.15) is 0 Å². The third-order valence-corrected chi connectivity index (χ3v) is 1.35. The van der Waals surface area contributed by atoms with Gasteiger partial charge >= 0.3 is 6.09 Å². The Bertz CT molecular complexity index is 182. The molecule has 0 radical (unpaired) electrons. The van der Waals surface area contributed by atoms with Crippen LogP contribution < -0.4 is 0 Å². The molecule has 0 aromatic heterocycles. The molecule has 3 nitrogen and oxygen atoms in total. The van der Waals surface area contributed by atoms with Gasteiger partial charge in [0.05, 0.1) is 0 Å². The third kappa shape index (κ3) is 5.27. The van der Waals surface area contributed by atoms with Crippen molar-refractivity contribution in [2.75, 3.05) is 0 Å². The molecule has 0 spiro atoms. The number of carbonyl (C=O) groups excluding carboxylic acids is 1. The molecule has 12 heavy (non-hydrogen) atoms. The molecule has 0 saturated carbocycles. The van der Waals surface area contributed by atoms with E-state index in [0.29, 0.717) is 10.4 Å². The first-order valence-corrected chi connectivity index (χ1v) is 4.07. The van der Waals surface area contributed by atoms with Crippen LogP contribution in [-0.4, -0.2) is 16.1 Å². The van der Waals surface area contributed by atoms with Gasteiger partial charge in [-0.25, -0.2) is 4.79 Å². The summed E-state index contributed by atoms with van der Waals surface area (Å²) in [6.07, 6.45) is -0.421. The molecule has 0 aromatic carbocycles. The van der Waals surface area contributed by atoms with Crippen molar-refractivity contribution in [1.82, 2.24) is 3.94 Å². The molecule has 0 fully saturated rings. The second-order valence-corrected chi connectivity index (χ2v) is 3.44. The summed E-state index contributed by atoms with van der Waals surface area (Å²) >= 11 is 10.2. The van der Waals surface area contributed by atoms with Crippen LogP contribution in [0.15, 0.2) is 12.2 Å². The van der Waals surface area contributed by atoms with Gasteiger partial charge in [0.25, 0.3) is 0 Å². The molecule has 1 amide bonds. The van der Waals surface area contributed by atoms with Crippen molar-refractivity contribution in [1.29, 1.82) is 0 Å². The van der Waals surface area contributed by atoms with E-state index in [0.717, 1.165) is 5.57 Å². The minimum Gasteiger partial charge on any atom is -0.444 e. The molecule has 0 aliphatic carbocycles. The summed E-state index contributed by atoms with van der Waals surface area (Å²) in [5, 5.41) is 0. The van der Waals surface area contributed by atoms with Crippen molar-refractivity contribution in [3.63, 3.8) is 0 Å². The van der Waals surface area contributed by atoms with E-state index in [2.05, 4.69) is 6.58 Å². The van der Waals surface area contributed by atoms with E-state index in [1.165, 1.54) is 0 Å². The van der Waals surface area contributed by atoms with Crippen LogP contribution in [0.3, 0.4) is 0 Å². The smallest absolute Gasteiger partial charge is 0.440 e. The SMILES string of the molecule is C=C(C)CC(C)OC(=O)N(Cl)Cl. The quantitative estimate of drug-likeness (QED) is 0.531. The minimum absolute atomic E-state index is 0.255. The Morgan fingerprint density at radius 1 is 1.67 bits per heavy atom. The second kappa shape index (κ2) is 5.27. The lowest BCUT2D eigenvalue weighted by Gasteiger charge is -2.13. The normalized spacial score (nSPS) is 12.0. The lowest BCUT2D eigenvalue weighted by Crippen LogP contribution is -2.20. The Kier molecular flexibility index (Phi) is 5.09. The molecule has 0 saturated heterocycles. The average Bonchev–Trinajstić information content (AvgIpc) is 1.84. The Hall–Kier alpha value is -0.410. The highest BCUT2D eigenvalue weighted by Gasteiger charge is 2.13. The topological polar surface area (TPSA) is 29.5 Å². The van der Waals surface area contributed by atoms with Crippen molar-refractivity contribution in [2.24, 2.45) is 0 Å². The van der Waals surface area contributed by atoms with Gasteiger partial charge < -0.3 is 4.74 Å². The number of hydrogen-bond donors (Lipinski definition) is 0. The number of hydrogen-bond acceptors (Lipinski definition) is 2. The number of carbonyl (C=O) groups is 1. The van der Waals surface area contributed by atoms with E-state index in [1.54, 1.807) is 6.92 Å². The molecule has 5 heteroatoms. The van der Waals surface area contributed by atoms with Crippen molar-refractivity contribution < 1.29 is 9.53 Å². The predicted molar refractivity (Wildman–Crippen MR) is 48.9 cm³/mol. The van der Waals surface area contributed by atoms with Crippen molar-refractivity contribution in [3.05, 3.63) is 12.2 Å². The van der Waals surface area contributed by atoms with E-state index < -0.39 is 6.09 Å². The molecule has 0 bridgehead atoms. The zero-order valence-electron chi connectivity index (χ0n) is 7.01. The fourth-order valence-corrected chi connectivity index (χ4v) is 0.824. The summed E-state index contributed by atoms with van der Waals surface area (Å²) in [7, 11) is 0. The number of rotatable bonds is 3. The zero-order valence-corrected chi connectivity index (χ0v) is 8.52. The van der Waals surface area contributed by atoms with E-state index in [4.69, 9.17) is 28.3 Å². The van der Waals surface area contributed by atoms with Gasteiger partial charge in [0, 0.05) is 30.0 Å². The monoisotopic (exact) mass is 211 g/mol. The van der Waals surface area contributed by atoms with Crippen molar-refractivity contribution in [2.45, 2.75) is 26.4 Å². The summed E-state index contributed by atoms with van der Waals surface area (Å²) in [5.41, 5.74) is 0.936. The van der Waals surface area contributed by atoms with Crippen molar-refractivity contribution >= 4 is 29.6 Å². The number of ether oxygens (including phenoxy) is 1. The summed E-state index contributed by atoms with van der Waals surface area (Å²) in [5.74, 6) is 0. The number of nitrogens with zero attached hydrogens (tertiary/aromatic N) is 1. The summed E-state index contributed by atoms with van der Waals surface area (Å²) in [4.78, 5) is 10.7. The highest BCUT2D eigenvalue weighted by Crippen LogP contribution is 2.09. The van der Waals surface area contributed by atoms with Gasteiger partial charge in [0.1, 0.15) is 6.10 Å². The van der Waals surface area contributed by atoms with Crippen LogP contribution in [0.2, 0.25) is 0 Å². The number of amides is 1. The minimum atomic E-state index is -0.771. The lowest BCUT2D eigenvalue weighted by molar-refractivity contribution is 0.101. The van der Waals surface area contributed by atoms with Crippen LogP contribution in [0.4, 0.5) is 4.79 Å². The largest absolute Gasteiger partial charge is 0.444 e. The third-order valence-electron chi connectivity index (χ3n) is 1.08. The first kappa shape index (κ1) is 11.6. The lowest BCUT2D eigenvalue weighted by atomic mass is 10.2. The van der Waals surface area contributed by atoms with Crippen LogP contribution in [0, 0.1) is 0 Å². The zero-order chi connectivity index (χ0) is 9.72. The van der Waals surface area contributed by atoms with E-state index >= 15 is 0 Å². The summed E-state index contributed by atoms with van der Waals surface area (Å²) in [6, 6.07) is 0. The molecule has 1 atom stereocenters. The Balaban J connectivity index is 3.76. The van der Waals surface area contributed by atoms with E-state index in [1.807, 2.05) is 6.92 Å². The van der Waals surface area contributed by atoms with Gasteiger partial charge in [-0.1, -0.05) is 5.57 Å². The van der Waals surface area contributed by atoms with Gasteiger partial charge in [-0.15, -0.1) is 10.5 Å². The van der Waals surface area contributed by atoms with Crippen LogP contribution in [0.5, 0.6) is 0 Å². The molecule has 0 heterocycles. The average molecular weight is 212 g/mol. The first-order valence-electron chi connectivity index (χ1n) is 3.40. The van der Waals surface area contributed by atoms with Gasteiger partial charge in [-0.3, -0.25) is 0 Å². The van der Waals surface area contributed by atoms with Gasteiger partial charge in [0.2, 0.25) is 0 Å². The Morgan fingerprint density at radius 2 is 2.17 bits per heavy atom. The van der Waals surface area contributed by atoms with Gasteiger partial charge in [0.15, 0.2) is 0 Å². The first-order chi connectivity index (χ1) is 5.43. The second-order valence-electron chi connectivity index (χ2n) is 2.59. The molecule has 0 aliphatic rings. The van der Waals surface area contributed by atoms with Crippen LogP contribution in [0.25, 0.3) is 0 Å². The summed E-state index contributed by atoms with van der Waals surface area (Å²) < 4.78 is 5.14. The van der Waals surface area contributed by atoms with Crippen LogP contribution in [0.1, 0.15) is 20.3 Å². The molecule has 1 unspecified atom stereocenters. The van der Waals surface area contributed by atoms with Crippen LogP contribution >= 0.6 is 23.6 Å². The molecular weight excluding hydrogens is 201 g/mol. The maximum absolute atomic E-state index is 10.7. The highest BCUT2D eigenvalue weighted by molar-refractivity contribution is 6.40. The molecule has 0 aromatic rings. The maximum Gasteiger partial charge on any atom is 0.440 e. The van der Waals surface area contributed by atoms with Crippen LogP contribution in [-0.2, 0) is 4.74 Å². The summed E-state index contributed by atoms with van der Waals surface area (Å²) in [6.45, 7) is 7.27. The molecule has 0 aliphatic heterocycles. The maximum atomic E-state index is 10.7. The predicted octanol–water partition coefficient (Wildman–Crippen LogP) is 3.09. The van der Waals surface area contributed by atoms with Gasteiger partial charge in [-0.05, 0) is 13.8 Å². The Morgan fingerprint density at radius 3 is 2.50 bits per heavy atom. The fourth-order valence-electron chi connectivity index (χ4n) is 0.744. The van der Waals surface area contributed by atoms with Crippen molar-refractivity contribution in [3.8, 4) is 0 Å². The standard InChI is InChI=1S/C7H11Cl2NO2/c1-5(2)4-6(3)12-7(11)10(8)9/h6H,1,4H2,2-3H3. The fraction of sp³-hybridized carbons (Fsp3) is 0.571. The molecule has 0 rings (SSSR count). The molecule has 0 N–H and O–H groups in total. The molecule has 70 valence electrons. The molecular formula is C7H11Cl2NO2. The van der Waals surface area contributed by atoms with E-state index in [-0.39, 0.29) is 6.10 Å². The number of halogens is 2. The highest BCUT2D eigenvalue weighted by atomic mass is 35.5. The van der Waals surface area contributed by atoms with E-state index in [9.17, 15) is 4.79 Å².